The minimum atomic E-state index is -1.09. The van der Waals surface area contributed by atoms with Crippen LogP contribution < -0.4 is 10.6 Å². The summed E-state index contributed by atoms with van der Waals surface area (Å²) < 4.78 is 15.8. The Hall–Kier alpha value is -2.61. The summed E-state index contributed by atoms with van der Waals surface area (Å²) in [7, 11) is 0. The highest BCUT2D eigenvalue weighted by Crippen LogP contribution is 2.10. The van der Waals surface area contributed by atoms with Crippen LogP contribution in [0.3, 0.4) is 0 Å². The van der Waals surface area contributed by atoms with Crippen molar-refractivity contribution >= 4 is 18.0 Å². The predicted octanol–water partition coefficient (Wildman–Crippen LogP) is 2.31. The molecule has 0 unspecified atom stereocenters. The molecule has 8 heteroatoms. The molecule has 160 valence electrons. The molecule has 1 saturated heterocycles. The van der Waals surface area contributed by atoms with E-state index in [2.05, 4.69) is 10.6 Å². The molecule has 2 amide bonds. The fourth-order valence-electron chi connectivity index (χ4n) is 2.77. The van der Waals surface area contributed by atoms with Crippen LogP contribution in [0, 0.1) is 0 Å². The summed E-state index contributed by atoms with van der Waals surface area (Å²) in [5.74, 6) is -1.03. The normalized spacial score (nSPS) is 15.8. The van der Waals surface area contributed by atoms with Gasteiger partial charge in [0, 0.05) is 19.3 Å². The molecule has 0 aliphatic carbocycles. The second-order valence-corrected chi connectivity index (χ2v) is 7.94. The van der Waals surface area contributed by atoms with Crippen molar-refractivity contribution in [2.75, 3.05) is 13.2 Å². The summed E-state index contributed by atoms with van der Waals surface area (Å²) in [6, 6.07) is 8.08. The number of carbonyl (C=O) groups excluding carboxylic acids is 3. The molecule has 2 N–H and O–H groups in total. The van der Waals surface area contributed by atoms with E-state index in [4.69, 9.17) is 14.2 Å². The molecular weight excluding hydrogens is 376 g/mol. The van der Waals surface area contributed by atoms with Gasteiger partial charge in [0.1, 0.15) is 18.2 Å². The molecule has 1 heterocycles. The van der Waals surface area contributed by atoms with Crippen LogP contribution >= 0.6 is 0 Å². The van der Waals surface area contributed by atoms with Crippen LogP contribution in [0.25, 0.3) is 0 Å². The van der Waals surface area contributed by atoms with Crippen LogP contribution in [-0.2, 0) is 30.4 Å². The smallest absolute Gasteiger partial charge is 0.408 e. The van der Waals surface area contributed by atoms with Crippen LogP contribution in [0.15, 0.2) is 30.3 Å². The van der Waals surface area contributed by atoms with Crippen LogP contribution in [0.2, 0.25) is 0 Å². The van der Waals surface area contributed by atoms with Crippen LogP contribution in [-0.4, -0.2) is 48.9 Å². The Balaban J connectivity index is 1.95. The van der Waals surface area contributed by atoms with Crippen molar-refractivity contribution in [2.24, 2.45) is 0 Å². The molecule has 0 spiro atoms. The first-order valence-corrected chi connectivity index (χ1v) is 9.80. The summed E-state index contributed by atoms with van der Waals surface area (Å²) in [5.41, 5.74) is 0.115. The van der Waals surface area contributed by atoms with E-state index in [1.807, 2.05) is 30.3 Å². The van der Waals surface area contributed by atoms with E-state index in [9.17, 15) is 14.4 Å². The van der Waals surface area contributed by atoms with Gasteiger partial charge in [0.15, 0.2) is 0 Å². The number of benzene rings is 1. The molecule has 1 aliphatic heterocycles. The van der Waals surface area contributed by atoms with E-state index in [1.165, 1.54) is 0 Å². The van der Waals surface area contributed by atoms with Crippen LogP contribution in [0.1, 0.15) is 45.6 Å². The molecule has 0 bridgehead atoms. The molecule has 1 aromatic rings. The van der Waals surface area contributed by atoms with Gasteiger partial charge >= 0.3 is 12.1 Å². The highest BCUT2D eigenvalue weighted by molar-refractivity contribution is 5.89. The van der Waals surface area contributed by atoms with Gasteiger partial charge in [-0.15, -0.1) is 0 Å². The number of esters is 1. The second-order valence-electron chi connectivity index (χ2n) is 7.94. The number of amides is 2. The highest BCUT2D eigenvalue weighted by atomic mass is 16.6. The monoisotopic (exact) mass is 406 g/mol. The van der Waals surface area contributed by atoms with Crippen molar-refractivity contribution in [2.45, 2.75) is 64.3 Å². The largest absolute Gasteiger partial charge is 0.461 e. The lowest BCUT2D eigenvalue weighted by molar-refractivity contribution is -0.147. The zero-order valence-electron chi connectivity index (χ0n) is 17.2. The Kier molecular flexibility index (Phi) is 8.45. The lowest BCUT2D eigenvalue weighted by atomic mass is 10.1. The van der Waals surface area contributed by atoms with Crippen molar-refractivity contribution < 1.29 is 28.6 Å². The summed E-state index contributed by atoms with van der Waals surface area (Å²) in [6.07, 6.45) is 0.314. The molecule has 2 rings (SSSR count). The first-order valence-electron chi connectivity index (χ1n) is 9.80. The van der Waals surface area contributed by atoms with Crippen molar-refractivity contribution in [3.63, 3.8) is 0 Å². The maximum atomic E-state index is 12.7. The third-order valence-electron chi connectivity index (χ3n) is 4.19. The van der Waals surface area contributed by atoms with Gasteiger partial charge in [0.2, 0.25) is 5.91 Å². The maximum absolute atomic E-state index is 12.7. The van der Waals surface area contributed by atoms with Crippen molar-refractivity contribution in [1.29, 1.82) is 0 Å². The van der Waals surface area contributed by atoms with Gasteiger partial charge in [-0.3, -0.25) is 9.59 Å². The number of nitrogens with one attached hydrogen (secondary N) is 2. The van der Waals surface area contributed by atoms with Crippen LogP contribution in [0.4, 0.5) is 4.79 Å². The van der Waals surface area contributed by atoms with Gasteiger partial charge in [-0.2, -0.15) is 0 Å². The first-order chi connectivity index (χ1) is 13.7. The van der Waals surface area contributed by atoms with Gasteiger partial charge in [-0.05, 0) is 39.2 Å². The zero-order valence-corrected chi connectivity index (χ0v) is 17.2. The Morgan fingerprint density at radius 3 is 2.41 bits per heavy atom. The van der Waals surface area contributed by atoms with Crippen LogP contribution in [0.5, 0.6) is 0 Å². The topological polar surface area (TPSA) is 103 Å². The van der Waals surface area contributed by atoms with E-state index in [0.29, 0.717) is 26.1 Å². The number of alkyl carbamates (subject to hydrolysis) is 1. The summed E-state index contributed by atoms with van der Waals surface area (Å²) in [6.45, 7) is 6.39. The number of hydrogen-bond acceptors (Lipinski definition) is 6. The number of carbonyl (C=O) groups is 3. The minimum Gasteiger partial charge on any atom is -0.461 e. The minimum absolute atomic E-state index is 0.0560. The Morgan fingerprint density at radius 1 is 1.14 bits per heavy atom. The third kappa shape index (κ3) is 8.95. The van der Waals surface area contributed by atoms with E-state index in [0.717, 1.165) is 5.56 Å². The average molecular weight is 406 g/mol. The van der Waals surface area contributed by atoms with Gasteiger partial charge in [0.05, 0.1) is 6.42 Å². The molecule has 1 aliphatic rings. The fourth-order valence-corrected chi connectivity index (χ4v) is 2.77. The quantitative estimate of drug-likeness (QED) is 0.674. The number of hydrogen-bond donors (Lipinski definition) is 2. The predicted molar refractivity (Wildman–Crippen MR) is 106 cm³/mol. The van der Waals surface area contributed by atoms with Crippen molar-refractivity contribution in [3.8, 4) is 0 Å². The summed E-state index contributed by atoms with van der Waals surface area (Å²) in [4.78, 5) is 37.1. The van der Waals surface area contributed by atoms with Gasteiger partial charge in [0.25, 0.3) is 0 Å². The summed E-state index contributed by atoms with van der Waals surface area (Å²) >= 11 is 0. The zero-order chi connectivity index (χ0) is 21.3. The first kappa shape index (κ1) is 22.7. The standard InChI is InChI=1S/C21H30N2O6/c1-21(2,3)29-20(26)23-17(19(25)22-16-9-11-27-12-10-16)13-18(24)28-14-15-7-5-4-6-8-15/h4-8,16-17H,9-14H2,1-3H3,(H,22,25)(H,23,26)/t17-/m1/s1. The third-order valence-corrected chi connectivity index (χ3v) is 4.19. The van der Waals surface area contributed by atoms with E-state index < -0.39 is 29.6 Å². The van der Waals surface area contributed by atoms with Gasteiger partial charge in [-0.1, -0.05) is 30.3 Å². The molecule has 29 heavy (non-hydrogen) atoms. The number of ether oxygens (including phenoxy) is 3. The lowest BCUT2D eigenvalue weighted by Gasteiger charge is -2.27. The van der Waals surface area contributed by atoms with E-state index in [-0.39, 0.29) is 19.1 Å². The van der Waals surface area contributed by atoms with Crippen molar-refractivity contribution in [3.05, 3.63) is 35.9 Å². The summed E-state index contributed by atoms with van der Waals surface area (Å²) in [5, 5.41) is 5.36. The van der Waals surface area contributed by atoms with E-state index >= 15 is 0 Å². The second kappa shape index (κ2) is 10.8. The molecule has 0 radical (unpaired) electrons. The molecule has 8 nitrogen and oxygen atoms in total. The van der Waals surface area contributed by atoms with Crippen molar-refractivity contribution in [1.82, 2.24) is 10.6 Å². The maximum Gasteiger partial charge on any atom is 0.408 e. The molecule has 0 saturated carbocycles. The Morgan fingerprint density at radius 2 is 1.79 bits per heavy atom. The molecule has 0 aromatic heterocycles. The highest BCUT2D eigenvalue weighted by Gasteiger charge is 2.29. The average Bonchev–Trinajstić information content (AvgIpc) is 2.66. The fraction of sp³-hybridized carbons (Fsp3) is 0.571. The molecular formula is C21H30N2O6. The lowest BCUT2D eigenvalue weighted by Crippen LogP contribution is -2.52. The molecule has 1 fully saturated rings. The van der Waals surface area contributed by atoms with E-state index in [1.54, 1.807) is 20.8 Å². The van der Waals surface area contributed by atoms with Gasteiger partial charge in [-0.25, -0.2) is 4.79 Å². The van der Waals surface area contributed by atoms with Gasteiger partial charge < -0.3 is 24.8 Å². The SMILES string of the molecule is CC(C)(C)OC(=O)N[C@H](CC(=O)OCc1ccccc1)C(=O)NC1CCOCC1. The molecule has 1 atom stereocenters. The number of rotatable bonds is 7. The Bertz CT molecular complexity index is 680. The molecule has 1 aromatic carbocycles. The Labute approximate surface area is 171 Å².